The normalized spacial score (nSPS) is 12.6. The van der Waals surface area contributed by atoms with E-state index in [9.17, 15) is 4.79 Å². The summed E-state index contributed by atoms with van der Waals surface area (Å²) in [5.74, 6) is 0. The van der Waals surface area contributed by atoms with Crippen molar-refractivity contribution in [2.24, 2.45) is 0 Å². The van der Waals surface area contributed by atoms with E-state index in [1.165, 1.54) is 57.8 Å². The molecule has 0 rings (SSSR count). The summed E-state index contributed by atoms with van der Waals surface area (Å²) in [7, 11) is 0. The van der Waals surface area contributed by atoms with Crippen molar-refractivity contribution in [3.05, 3.63) is 6.92 Å². The molecule has 101 valence electrons. The number of ether oxygens (including phenoxy) is 1. The van der Waals surface area contributed by atoms with Gasteiger partial charge in [0.2, 0.25) is 0 Å². The van der Waals surface area contributed by atoms with Gasteiger partial charge in [0.05, 0.1) is 0 Å². The molecule has 0 aliphatic carbocycles. The van der Waals surface area contributed by atoms with Crippen molar-refractivity contribution in [2.75, 3.05) is 6.61 Å². The minimum atomic E-state index is -0.478. The summed E-state index contributed by atoms with van der Waals surface area (Å²) in [4.78, 5) is 10.2. The molecule has 0 aromatic heterocycles. The Bertz CT molecular complexity index is 157. The Labute approximate surface area is 107 Å². The van der Waals surface area contributed by atoms with Crippen LogP contribution in [0.5, 0.6) is 0 Å². The quantitative estimate of drug-likeness (QED) is 0.354. The van der Waals surface area contributed by atoms with Crippen LogP contribution in [0.25, 0.3) is 0 Å². The molecule has 1 unspecified atom stereocenters. The molecule has 0 saturated heterocycles. The van der Waals surface area contributed by atoms with Crippen LogP contribution in [-0.4, -0.2) is 19.0 Å². The summed E-state index contributed by atoms with van der Waals surface area (Å²) < 4.78 is 5.18. The molecular formula is C15H29O2. The maximum absolute atomic E-state index is 10.2. The lowest BCUT2D eigenvalue weighted by molar-refractivity contribution is -0.115. The first-order chi connectivity index (χ1) is 8.31. The second kappa shape index (κ2) is 13.7. The number of carbonyl (C=O) groups excluding carboxylic acids is 1. The molecule has 0 N–H and O–H groups in total. The zero-order valence-electron chi connectivity index (χ0n) is 11.5. The molecule has 0 aromatic rings. The van der Waals surface area contributed by atoms with E-state index in [1.807, 2.05) is 0 Å². The molecule has 2 nitrogen and oxygen atoms in total. The molecule has 0 amide bonds. The molecule has 0 fully saturated rings. The summed E-state index contributed by atoms with van der Waals surface area (Å²) in [6, 6.07) is 0. The molecule has 17 heavy (non-hydrogen) atoms. The monoisotopic (exact) mass is 241 g/mol. The van der Waals surface area contributed by atoms with Gasteiger partial charge in [0.25, 0.3) is 0 Å². The Balaban J connectivity index is 2.96. The third-order valence-corrected chi connectivity index (χ3v) is 2.98. The van der Waals surface area contributed by atoms with Crippen LogP contribution in [0.1, 0.15) is 71.1 Å². The van der Waals surface area contributed by atoms with Crippen LogP contribution >= 0.6 is 0 Å². The van der Waals surface area contributed by atoms with Gasteiger partial charge in [-0.15, -0.1) is 0 Å². The van der Waals surface area contributed by atoms with E-state index in [4.69, 9.17) is 4.74 Å². The van der Waals surface area contributed by atoms with Crippen LogP contribution in [0.4, 0.5) is 0 Å². The van der Waals surface area contributed by atoms with E-state index in [-0.39, 0.29) is 0 Å². The van der Waals surface area contributed by atoms with Crippen LogP contribution in [-0.2, 0) is 9.53 Å². The van der Waals surface area contributed by atoms with Crippen LogP contribution in [0.15, 0.2) is 0 Å². The smallest absolute Gasteiger partial charge is 0.148 e. The van der Waals surface area contributed by atoms with Crippen molar-refractivity contribution in [1.82, 2.24) is 0 Å². The maximum atomic E-state index is 10.2. The highest BCUT2D eigenvalue weighted by molar-refractivity contribution is 5.56. The first kappa shape index (κ1) is 16.6. The van der Waals surface area contributed by atoms with Gasteiger partial charge in [-0.05, 0) is 13.3 Å². The standard InChI is InChI=1S/C15H29O2/c1-3-4-5-6-7-8-9-10-11-12-13-17-15(2)14-16/h14-15H,2-13H2,1H3. The lowest BCUT2D eigenvalue weighted by atomic mass is 10.1. The first-order valence-electron chi connectivity index (χ1n) is 7.21. The van der Waals surface area contributed by atoms with Crippen LogP contribution in [0.2, 0.25) is 0 Å². The van der Waals surface area contributed by atoms with Gasteiger partial charge in [-0.2, -0.15) is 0 Å². The average Bonchev–Trinajstić information content (AvgIpc) is 2.35. The maximum Gasteiger partial charge on any atom is 0.148 e. The molecule has 0 aromatic carbocycles. The predicted molar refractivity (Wildman–Crippen MR) is 73.0 cm³/mol. The van der Waals surface area contributed by atoms with E-state index in [0.717, 1.165) is 12.7 Å². The molecule has 1 atom stereocenters. The van der Waals surface area contributed by atoms with Gasteiger partial charge in [0.1, 0.15) is 12.4 Å². The first-order valence-corrected chi connectivity index (χ1v) is 7.21. The van der Waals surface area contributed by atoms with E-state index < -0.39 is 6.10 Å². The Kier molecular flexibility index (Phi) is 13.4. The number of hydrogen-bond donors (Lipinski definition) is 0. The van der Waals surface area contributed by atoms with E-state index in [0.29, 0.717) is 6.61 Å². The second-order valence-corrected chi connectivity index (χ2v) is 4.73. The fourth-order valence-corrected chi connectivity index (χ4v) is 1.86. The molecule has 0 heterocycles. The molecule has 0 aliphatic heterocycles. The molecular weight excluding hydrogens is 212 g/mol. The van der Waals surface area contributed by atoms with Gasteiger partial charge in [0, 0.05) is 6.61 Å². The molecule has 0 saturated carbocycles. The zero-order valence-corrected chi connectivity index (χ0v) is 11.5. The van der Waals surface area contributed by atoms with Crippen molar-refractivity contribution in [1.29, 1.82) is 0 Å². The topological polar surface area (TPSA) is 26.3 Å². The zero-order chi connectivity index (χ0) is 12.8. The van der Waals surface area contributed by atoms with Crippen molar-refractivity contribution in [3.8, 4) is 0 Å². The Morgan fingerprint density at radius 2 is 1.41 bits per heavy atom. The predicted octanol–water partition coefficient (Wildman–Crippen LogP) is 4.33. The van der Waals surface area contributed by atoms with Crippen molar-refractivity contribution >= 4 is 6.29 Å². The van der Waals surface area contributed by atoms with Crippen LogP contribution in [0, 0.1) is 6.92 Å². The third-order valence-electron chi connectivity index (χ3n) is 2.98. The Morgan fingerprint density at radius 1 is 0.941 bits per heavy atom. The highest BCUT2D eigenvalue weighted by Gasteiger charge is 1.98. The Morgan fingerprint density at radius 3 is 1.88 bits per heavy atom. The summed E-state index contributed by atoms with van der Waals surface area (Å²) in [6.45, 7) is 6.47. The SMILES string of the molecule is [CH2]C(C=O)OCCCCCCCCCCCC. The lowest BCUT2D eigenvalue weighted by Crippen LogP contribution is -2.10. The molecule has 0 bridgehead atoms. The van der Waals surface area contributed by atoms with E-state index in [2.05, 4.69) is 13.8 Å². The number of aldehydes is 1. The number of rotatable bonds is 13. The van der Waals surface area contributed by atoms with Gasteiger partial charge < -0.3 is 9.53 Å². The summed E-state index contributed by atoms with van der Waals surface area (Å²) >= 11 is 0. The highest BCUT2D eigenvalue weighted by Crippen LogP contribution is 2.10. The van der Waals surface area contributed by atoms with Crippen molar-refractivity contribution < 1.29 is 9.53 Å². The van der Waals surface area contributed by atoms with E-state index >= 15 is 0 Å². The molecule has 0 aliphatic rings. The Hall–Kier alpha value is -0.370. The number of carbonyl (C=O) groups is 1. The fraction of sp³-hybridized carbons (Fsp3) is 0.867. The van der Waals surface area contributed by atoms with Crippen molar-refractivity contribution in [2.45, 2.75) is 77.2 Å². The van der Waals surface area contributed by atoms with Gasteiger partial charge in [0.15, 0.2) is 0 Å². The van der Waals surface area contributed by atoms with E-state index in [1.54, 1.807) is 0 Å². The summed E-state index contributed by atoms with van der Waals surface area (Å²) in [5, 5.41) is 0. The lowest BCUT2D eigenvalue weighted by Gasteiger charge is -2.06. The molecule has 1 radical (unpaired) electrons. The van der Waals surface area contributed by atoms with Gasteiger partial charge in [-0.25, -0.2) is 0 Å². The molecule has 0 spiro atoms. The average molecular weight is 241 g/mol. The number of unbranched alkanes of at least 4 members (excludes halogenated alkanes) is 9. The van der Waals surface area contributed by atoms with Gasteiger partial charge >= 0.3 is 0 Å². The largest absolute Gasteiger partial charge is 0.371 e. The molecule has 2 heteroatoms. The minimum Gasteiger partial charge on any atom is -0.371 e. The third kappa shape index (κ3) is 13.6. The highest BCUT2D eigenvalue weighted by atomic mass is 16.5. The van der Waals surface area contributed by atoms with Crippen molar-refractivity contribution in [3.63, 3.8) is 0 Å². The van der Waals surface area contributed by atoms with Crippen LogP contribution in [0.3, 0.4) is 0 Å². The van der Waals surface area contributed by atoms with Crippen LogP contribution < -0.4 is 0 Å². The number of hydrogen-bond acceptors (Lipinski definition) is 2. The second-order valence-electron chi connectivity index (χ2n) is 4.73. The summed E-state index contributed by atoms with van der Waals surface area (Å²) in [6.07, 6.45) is 13.4. The fourth-order valence-electron chi connectivity index (χ4n) is 1.86. The minimum absolute atomic E-state index is 0.478. The summed E-state index contributed by atoms with van der Waals surface area (Å²) in [5.41, 5.74) is 0. The van der Waals surface area contributed by atoms with Gasteiger partial charge in [-0.3, -0.25) is 0 Å². The van der Waals surface area contributed by atoms with Gasteiger partial charge in [-0.1, -0.05) is 64.7 Å².